The minimum atomic E-state index is -0.151. The number of anilines is 1. The standard InChI is InChI=1S/C11H11N3OS/c1-13-5-8-2-3-10-9(4-8)14(7-12)11(15)6-16-10/h2-4,13H,5-6H2,1H3. The second kappa shape index (κ2) is 4.56. The fourth-order valence-electron chi connectivity index (χ4n) is 1.62. The Morgan fingerprint density at radius 3 is 3.12 bits per heavy atom. The van der Waals surface area contributed by atoms with Crippen LogP contribution in [0.4, 0.5) is 5.69 Å². The van der Waals surface area contributed by atoms with Crippen LogP contribution in [-0.4, -0.2) is 18.7 Å². The van der Waals surface area contributed by atoms with Crippen molar-refractivity contribution in [3.8, 4) is 6.19 Å². The number of thioether (sulfide) groups is 1. The lowest BCUT2D eigenvalue weighted by molar-refractivity contribution is -0.115. The minimum absolute atomic E-state index is 0.151. The van der Waals surface area contributed by atoms with Gasteiger partial charge in [-0.3, -0.25) is 4.79 Å². The van der Waals surface area contributed by atoms with Crippen molar-refractivity contribution in [2.45, 2.75) is 11.4 Å². The molecule has 0 spiro atoms. The predicted octanol–water partition coefficient (Wildman–Crippen LogP) is 1.33. The maximum absolute atomic E-state index is 11.5. The number of fused-ring (bicyclic) bond motifs is 1. The number of carbonyl (C=O) groups excluding carboxylic acids is 1. The molecule has 0 atom stereocenters. The largest absolute Gasteiger partial charge is 0.316 e. The van der Waals surface area contributed by atoms with Gasteiger partial charge in [0, 0.05) is 11.4 Å². The Kier molecular flexibility index (Phi) is 3.13. The highest BCUT2D eigenvalue weighted by atomic mass is 32.2. The van der Waals surface area contributed by atoms with Gasteiger partial charge < -0.3 is 5.32 Å². The third-order valence-electron chi connectivity index (χ3n) is 2.35. The van der Waals surface area contributed by atoms with Crippen LogP contribution in [-0.2, 0) is 11.3 Å². The molecule has 82 valence electrons. The number of nitrogens with zero attached hydrogens (tertiary/aromatic N) is 2. The van der Waals surface area contributed by atoms with Crippen molar-refractivity contribution in [2.24, 2.45) is 0 Å². The van der Waals surface area contributed by atoms with E-state index in [-0.39, 0.29) is 5.91 Å². The lowest BCUT2D eigenvalue weighted by Gasteiger charge is -2.22. The van der Waals surface area contributed by atoms with Gasteiger partial charge in [0.2, 0.25) is 0 Å². The first kappa shape index (κ1) is 11.0. The van der Waals surface area contributed by atoms with Gasteiger partial charge >= 0.3 is 0 Å². The molecule has 5 heteroatoms. The van der Waals surface area contributed by atoms with E-state index in [4.69, 9.17) is 5.26 Å². The molecule has 4 nitrogen and oxygen atoms in total. The van der Waals surface area contributed by atoms with Crippen LogP contribution in [0.3, 0.4) is 0 Å². The van der Waals surface area contributed by atoms with E-state index in [0.29, 0.717) is 11.4 Å². The van der Waals surface area contributed by atoms with Crippen molar-refractivity contribution in [1.29, 1.82) is 5.26 Å². The molecular formula is C11H11N3OS. The highest BCUT2D eigenvalue weighted by Gasteiger charge is 2.24. The van der Waals surface area contributed by atoms with Crippen molar-refractivity contribution < 1.29 is 4.79 Å². The average Bonchev–Trinajstić information content (AvgIpc) is 2.29. The van der Waals surface area contributed by atoms with Gasteiger partial charge in [-0.05, 0) is 24.7 Å². The Bertz CT molecular complexity index is 467. The van der Waals surface area contributed by atoms with Crippen LogP contribution in [0.1, 0.15) is 5.56 Å². The van der Waals surface area contributed by atoms with Crippen LogP contribution < -0.4 is 10.2 Å². The topological polar surface area (TPSA) is 56.1 Å². The number of hydrogen-bond acceptors (Lipinski definition) is 4. The summed E-state index contributed by atoms with van der Waals surface area (Å²) >= 11 is 1.48. The summed E-state index contributed by atoms with van der Waals surface area (Å²) in [5.74, 6) is 0.188. The molecule has 1 heterocycles. The van der Waals surface area contributed by atoms with Crippen molar-refractivity contribution >= 4 is 23.4 Å². The zero-order valence-corrected chi connectivity index (χ0v) is 9.67. The summed E-state index contributed by atoms with van der Waals surface area (Å²) < 4.78 is 0. The van der Waals surface area contributed by atoms with E-state index in [0.717, 1.165) is 17.0 Å². The van der Waals surface area contributed by atoms with E-state index < -0.39 is 0 Å². The minimum Gasteiger partial charge on any atom is -0.316 e. The molecule has 0 saturated heterocycles. The summed E-state index contributed by atoms with van der Waals surface area (Å²) in [7, 11) is 1.86. The lowest BCUT2D eigenvalue weighted by atomic mass is 10.2. The molecule has 0 radical (unpaired) electrons. The number of rotatable bonds is 2. The molecule has 0 unspecified atom stereocenters. The second-order valence-corrected chi connectivity index (χ2v) is 4.47. The van der Waals surface area contributed by atoms with Crippen LogP contribution in [0.2, 0.25) is 0 Å². The van der Waals surface area contributed by atoms with Gasteiger partial charge in [0.15, 0.2) is 6.19 Å². The van der Waals surface area contributed by atoms with Crippen molar-refractivity contribution in [1.82, 2.24) is 5.32 Å². The van der Waals surface area contributed by atoms with Crippen LogP contribution in [0.25, 0.3) is 0 Å². The summed E-state index contributed by atoms with van der Waals surface area (Å²) in [6.07, 6.45) is 1.93. The number of amides is 1. The number of nitriles is 1. The van der Waals surface area contributed by atoms with E-state index in [1.165, 1.54) is 16.7 Å². The van der Waals surface area contributed by atoms with Crippen LogP contribution in [0.15, 0.2) is 23.1 Å². The van der Waals surface area contributed by atoms with E-state index in [1.807, 2.05) is 31.4 Å². The number of benzene rings is 1. The molecule has 0 bridgehead atoms. The Morgan fingerprint density at radius 1 is 1.62 bits per heavy atom. The normalized spacial score (nSPS) is 14.5. The molecule has 1 aromatic carbocycles. The number of hydrogen-bond donors (Lipinski definition) is 1. The summed E-state index contributed by atoms with van der Waals surface area (Å²) in [5.41, 5.74) is 1.77. The summed E-state index contributed by atoms with van der Waals surface area (Å²) in [6.45, 7) is 0.728. The van der Waals surface area contributed by atoms with Gasteiger partial charge in [0.05, 0.1) is 11.4 Å². The third-order valence-corrected chi connectivity index (χ3v) is 3.39. The van der Waals surface area contributed by atoms with Crippen LogP contribution in [0.5, 0.6) is 0 Å². The second-order valence-electron chi connectivity index (χ2n) is 3.45. The SMILES string of the molecule is CNCc1ccc2c(c1)N(C#N)C(=O)CS2. The molecule has 0 aliphatic carbocycles. The quantitative estimate of drug-likeness (QED) is 0.783. The molecule has 1 aromatic rings. The van der Waals surface area contributed by atoms with Gasteiger partial charge in [0.1, 0.15) is 0 Å². The van der Waals surface area contributed by atoms with Gasteiger partial charge in [0.25, 0.3) is 5.91 Å². The summed E-state index contributed by atoms with van der Waals surface area (Å²) in [4.78, 5) is 13.7. The first-order valence-corrected chi connectivity index (χ1v) is 5.88. The smallest absolute Gasteiger partial charge is 0.250 e. The van der Waals surface area contributed by atoms with E-state index >= 15 is 0 Å². The van der Waals surface area contributed by atoms with Gasteiger partial charge in [-0.1, -0.05) is 6.07 Å². The Hall–Kier alpha value is -1.51. The maximum atomic E-state index is 11.5. The highest BCUT2D eigenvalue weighted by molar-refractivity contribution is 8.00. The van der Waals surface area contributed by atoms with Crippen LogP contribution >= 0.6 is 11.8 Å². The molecule has 1 aliphatic rings. The van der Waals surface area contributed by atoms with Gasteiger partial charge in [-0.2, -0.15) is 5.26 Å². The fraction of sp³-hybridized carbons (Fsp3) is 0.273. The van der Waals surface area contributed by atoms with Gasteiger partial charge in [-0.15, -0.1) is 11.8 Å². The maximum Gasteiger partial charge on any atom is 0.250 e. The Labute approximate surface area is 98.2 Å². The predicted molar refractivity (Wildman–Crippen MR) is 63.0 cm³/mol. The van der Waals surface area contributed by atoms with Gasteiger partial charge in [-0.25, -0.2) is 4.90 Å². The highest BCUT2D eigenvalue weighted by Crippen LogP contribution is 2.35. The molecule has 0 aromatic heterocycles. The Morgan fingerprint density at radius 2 is 2.44 bits per heavy atom. The lowest BCUT2D eigenvalue weighted by Crippen LogP contribution is -2.30. The average molecular weight is 233 g/mol. The Balaban J connectivity index is 2.42. The van der Waals surface area contributed by atoms with E-state index in [1.54, 1.807) is 0 Å². The number of nitrogens with one attached hydrogen (secondary N) is 1. The van der Waals surface area contributed by atoms with Crippen molar-refractivity contribution in [3.05, 3.63) is 23.8 Å². The molecule has 2 rings (SSSR count). The molecule has 0 saturated carbocycles. The fourth-order valence-corrected chi connectivity index (χ4v) is 2.49. The van der Waals surface area contributed by atoms with E-state index in [9.17, 15) is 4.79 Å². The first-order valence-electron chi connectivity index (χ1n) is 4.89. The summed E-state index contributed by atoms with van der Waals surface area (Å²) in [5, 5.41) is 12.0. The molecule has 0 fully saturated rings. The first-order chi connectivity index (χ1) is 7.76. The summed E-state index contributed by atoms with van der Waals surface area (Å²) in [6, 6.07) is 5.86. The molecule has 16 heavy (non-hydrogen) atoms. The molecule has 1 amide bonds. The molecule has 1 N–H and O–H groups in total. The molecule has 1 aliphatic heterocycles. The monoisotopic (exact) mass is 233 g/mol. The number of carbonyl (C=O) groups is 1. The molecular weight excluding hydrogens is 222 g/mol. The van der Waals surface area contributed by atoms with E-state index in [2.05, 4.69) is 5.32 Å². The van der Waals surface area contributed by atoms with Crippen LogP contribution in [0, 0.1) is 11.5 Å². The zero-order chi connectivity index (χ0) is 11.5. The zero-order valence-electron chi connectivity index (χ0n) is 8.86. The third kappa shape index (κ3) is 1.90. The van der Waals surface area contributed by atoms with Crippen molar-refractivity contribution in [3.63, 3.8) is 0 Å². The van der Waals surface area contributed by atoms with Crippen molar-refractivity contribution in [2.75, 3.05) is 17.7 Å².